The monoisotopic (exact) mass is 312 g/mol. The number of H-pyrrole nitrogens is 1. The molecule has 0 bridgehead atoms. The number of pyridine rings is 1. The largest absolute Gasteiger partial charge is 0.387 e. The van der Waals surface area contributed by atoms with E-state index < -0.39 is 6.10 Å². The van der Waals surface area contributed by atoms with E-state index in [1.54, 1.807) is 12.1 Å². The van der Waals surface area contributed by atoms with Gasteiger partial charge in [-0.05, 0) is 35.2 Å². The SMILES string of the molecule is O=c1[nH]c2ccccc2cc1CNCC(O)c1ccc(F)cc1. The highest BCUT2D eigenvalue weighted by atomic mass is 19.1. The zero-order valence-electron chi connectivity index (χ0n) is 12.4. The van der Waals surface area contributed by atoms with Gasteiger partial charge in [0.15, 0.2) is 0 Å². The Morgan fingerprint density at radius 1 is 1.13 bits per heavy atom. The van der Waals surface area contributed by atoms with E-state index in [4.69, 9.17) is 0 Å². The second-order valence-corrected chi connectivity index (χ2v) is 5.41. The quantitative estimate of drug-likeness (QED) is 0.678. The number of para-hydroxylation sites is 1. The third kappa shape index (κ3) is 3.64. The van der Waals surface area contributed by atoms with Crippen molar-refractivity contribution in [2.24, 2.45) is 0 Å². The highest BCUT2D eigenvalue weighted by Gasteiger charge is 2.08. The van der Waals surface area contributed by atoms with Gasteiger partial charge < -0.3 is 15.4 Å². The summed E-state index contributed by atoms with van der Waals surface area (Å²) >= 11 is 0. The van der Waals surface area contributed by atoms with Crippen LogP contribution in [0.15, 0.2) is 59.4 Å². The van der Waals surface area contributed by atoms with Crippen LogP contribution in [0.4, 0.5) is 4.39 Å². The fraction of sp³-hybridized carbons (Fsp3) is 0.167. The van der Waals surface area contributed by atoms with Crippen molar-refractivity contribution in [3.8, 4) is 0 Å². The molecule has 1 aromatic heterocycles. The Kier molecular flexibility index (Phi) is 4.50. The lowest BCUT2D eigenvalue weighted by molar-refractivity contribution is 0.174. The highest BCUT2D eigenvalue weighted by Crippen LogP contribution is 2.13. The molecule has 0 spiro atoms. The first-order valence-corrected chi connectivity index (χ1v) is 7.38. The maximum absolute atomic E-state index is 12.9. The van der Waals surface area contributed by atoms with Crippen LogP contribution in [-0.4, -0.2) is 16.6 Å². The molecule has 5 heteroatoms. The Balaban J connectivity index is 1.65. The van der Waals surface area contributed by atoms with E-state index in [1.807, 2.05) is 30.3 Å². The second kappa shape index (κ2) is 6.73. The minimum absolute atomic E-state index is 0.146. The molecule has 0 amide bonds. The van der Waals surface area contributed by atoms with Crippen LogP contribution < -0.4 is 10.9 Å². The Hall–Kier alpha value is -2.50. The normalized spacial score (nSPS) is 12.4. The van der Waals surface area contributed by atoms with Crippen molar-refractivity contribution in [3.63, 3.8) is 0 Å². The van der Waals surface area contributed by atoms with Gasteiger partial charge in [0.05, 0.1) is 6.10 Å². The van der Waals surface area contributed by atoms with Gasteiger partial charge in [-0.15, -0.1) is 0 Å². The van der Waals surface area contributed by atoms with Crippen molar-refractivity contribution >= 4 is 10.9 Å². The van der Waals surface area contributed by atoms with E-state index in [0.29, 0.717) is 17.7 Å². The smallest absolute Gasteiger partial charge is 0.252 e. The van der Waals surface area contributed by atoms with Crippen LogP contribution in [0.3, 0.4) is 0 Å². The average molecular weight is 312 g/mol. The molecule has 3 rings (SSSR count). The summed E-state index contributed by atoms with van der Waals surface area (Å²) in [5, 5.41) is 14.1. The summed E-state index contributed by atoms with van der Waals surface area (Å²) in [4.78, 5) is 14.9. The summed E-state index contributed by atoms with van der Waals surface area (Å²) in [7, 11) is 0. The third-order valence-electron chi connectivity index (χ3n) is 3.74. The summed E-state index contributed by atoms with van der Waals surface area (Å²) in [6, 6.07) is 15.1. The maximum atomic E-state index is 12.9. The van der Waals surface area contributed by atoms with E-state index in [0.717, 1.165) is 10.9 Å². The van der Waals surface area contributed by atoms with Gasteiger partial charge in [-0.1, -0.05) is 30.3 Å². The van der Waals surface area contributed by atoms with Crippen molar-refractivity contribution in [1.29, 1.82) is 0 Å². The Labute approximate surface area is 132 Å². The highest BCUT2D eigenvalue weighted by molar-refractivity contribution is 5.78. The molecule has 0 radical (unpaired) electrons. The number of halogens is 1. The molecule has 0 aliphatic carbocycles. The standard InChI is InChI=1S/C18H17FN2O2/c19-15-7-5-12(6-8-15)17(22)11-20-10-14-9-13-3-1-2-4-16(13)21-18(14)23/h1-9,17,20,22H,10-11H2,(H,21,23). The molecule has 1 unspecified atom stereocenters. The molecule has 3 N–H and O–H groups in total. The lowest BCUT2D eigenvalue weighted by Gasteiger charge is -2.12. The van der Waals surface area contributed by atoms with Crippen LogP contribution in [0.2, 0.25) is 0 Å². The molecule has 0 aliphatic rings. The van der Waals surface area contributed by atoms with Gasteiger partial charge in [0, 0.05) is 24.2 Å². The molecule has 2 aromatic carbocycles. The van der Waals surface area contributed by atoms with Crippen LogP contribution in [0.5, 0.6) is 0 Å². The summed E-state index contributed by atoms with van der Waals surface area (Å²) in [6.45, 7) is 0.621. The molecule has 0 aliphatic heterocycles. The maximum Gasteiger partial charge on any atom is 0.252 e. The van der Waals surface area contributed by atoms with E-state index in [-0.39, 0.29) is 17.9 Å². The van der Waals surface area contributed by atoms with Gasteiger partial charge in [0.2, 0.25) is 0 Å². The predicted molar refractivity (Wildman–Crippen MR) is 87.6 cm³/mol. The van der Waals surface area contributed by atoms with E-state index in [9.17, 15) is 14.3 Å². The molecule has 0 saturated heterocycles. The first-order valence-electron chi connectivity index (χ1n) is 7.38. The predicted octanol–water partition coefficient (Wildman–Crippen LogP) is 2.49. The number of benzene rings is 2. The molecule has 118 valence electrons. The third-order valence-corrected chi connectivity index (χ3v) is 3.74. The summed E-state index contributed by atoms with van der Waals surface area (Å²) in [5.41, 5.74) is 1.89. The van der Waals surface area contributed by atoms with Crippen LogP contribution in [0.25, 0.3) is 10.9 Å². The molecule has 1 atom stereocenters. The number of nitrogens with one attached hydrogen (secondary N) is 2. The van der Waals surface area contributed by atoms with Gasteiger partial charge in [-0.25, -0.2) is 4.39 Å². The number of fused-ring (bicyclic) bond motifs is 1. The van der Waals surface area contributed by atoms with E-state index in [1.165, 1.54) is 12.1 Å². The van der Waals surface area contributed by atoms with Crippen molar-refractivity contribution in [2.75, 3.05) is 6.54 Å². The minimum atomic E-state index is -0.755. The minimum Gasteiger partial charge on any atom is -0.387 e. The lowest BCUT2D eigenvalue weighted by atomic mass is 10.1. The zero-order chi connectivity index (χ0) is 16.2. The van der Waals surface area contributed by atoms with Crippen molar-refractivity contribution in [2.45, 2.75) is 12.6 Å². The van der Waals surface area contributed by atoms with Gasteiger partial charge in [0.1, 0.15) is 5.82 Å². The Morgan fingerprint density at radius 3 is 2.65 bits per heavy atom. The molecule has 23 heavy (non-hydrogen) atoms. The first kappa shape index (κ1) is 15.4. The summed E-state index contributed by atoms with van der Waals surface area (Å²) in [6.07, 6.45) is -0.755. The van der Waals surface area contributed by atoms with Gasteiger partial charge in [-0.3, -0.25) is 4.79 Å². The van der Waals surface area contributed by atoms with E-state index in [2.05, 4.69) is 10.3 Å². The zero-order valence-corrected chi connectivity index (χ0v) is 12.4. The topological polar surface area (TPSA) is 65.1 Å². The number of hydrogen-bond donors (Lipinski definition) is 3. The van der Waals surface area contributed by atoms with E-state index >= 15 is 0 Å². The van der Waals surface area contributed by atoms with Crippen LogP contribution in [0, 0.1) is 5.82 Å². The fourth-order valence-corrected chi connectivity index (χ4v) is 2.47. The molecule has 3 aromatic rings. The van der Waals surface area contributed by atoms with Crippen molar-refractivity contribution < 1.29 is 9.50 Å². The number of aromatic amines is 1. The molecular formula is C18H17FN2O2. The number of hydrogen-bond acceptors (Lipinski definition) is 3. The number of aromatic nitrogens is 1. The molecule has 0 saturated carbocycles. The van der Waals surface area contributed by atoms with Crippen LogP contribution in [-0.2, 0) is 6.54 Å². The summed E-state index contributed by atoms with van der Waals surface area (Å²) < 4.78 is 12.9. The molecule has 1 heterocycles. The number of rotatable bonds is 5. The summed E-state index contributed by atoms with van der Waals surface area (Å²) in [5.74, 6) is -0.336. The number of aliphatic hydroxyl groups is 1. The molecule has 4 nitrogen and oxygen atoms in total. The first-order chi connectivity index (χ1) is 11.1. The van der Waals surface area contributed by atoms with Crippen LogP contribution in [0.1, 0.15) is 17.2 Å². The number of aliphatic hydroxyl groups excluding tert-OH is 1. The Bertz CT molecular complexity index is 859. The van der Waals surface area contributed by atoms with Gasteiger partial charge >= 0.3 is 0 Å². The molecule has 0 fully saturated rings. The van der Waals surface area contributed by atoms with Crippen LogP contribution >= 0.6 is 0 Å². The second-order valence-electron chi connectivity index (χ2n) is 5.41. The Morgan fingerprint density at radius 2 is 1.87 bits per heavy atom. The fourth-order valence-electron chi connectivity index (χ4n) is 2.47. The van der Waals surface area contributed by atoms with Gasteiger partial charge in [-0.2, -0.15) is 0 Å². The van der Waals surface area contributed by atoms with Gasteiger partial charge in [0.25, 0.3) is 5.56 Å². The molecular weight excluding hydrogens is 295 g/mol. The lowest BCUT2D eigenvalue weighted by Crippen LogP contribution is -2.25. The average Bonchev–Trinajstić information content (AvgIpc) is 2.56. The van der Waals surface area contributed by atoms with Crippen molar-refractivity contribution in [1.82, 2.24) is 10.3 Å². The van der Waals surface area contributed by atoms with Crippen molar-refractivity contribution in [3.05, 3.63) is 81.9 Å².